The molecule has 1 aromatic carbocycles. The second-order valence-corrected chi connectivity index (χ2v) is 6.95. The van der Waals surface area contributed by atoms with Crippen molar-refractivity contribution < 1.29 is 24.1 Å². The van der Waals surface area contributed by atoms with Gasteiger partial charge in [0, 0.05) is 25.8 Å². The minimum atomic E-state index is -0.639. The number of benzene rings is 1. The van der Waals surface area contributed by atoms with Crippen molar-refractivity contribution in [2.24, 2.45) is 0 Å². The van der Waals surface area contributed by atoms with E-state index in [0.29, 0.717) is 36.9 Å². The molecule has 8 nitrogen and oxygen atoms in total. The number of aliphatic hydroxyl groups excluding tert-OH is 1. The quantitative estimate of drug-likeness (QED) is 0.691. The normalized spacial score (nSPS) is 18.6. The minimum Gasteiger partial charge on any atom is -0.493 e. The van der Waals surface area contributed by atoms with Crippen LogP contribution in [0.3, 0.4) is 0 Å². The van der Waals surface area contributed by atoms with Crippen LogP contribution in [0.1, 0.15) is 5.56 Å². The average Bonchev–Trinajstić information content (AvgIpc) is 3.10. The summed E-state index contributed by atoms with van der Waals surface area (Å²) in [5.41, 5.74) is 1.13. The molecule has 2 heterocycles. The zero-order chi connectivity index (χ0) is 19.9. The molecule has 0 radical (unpaired) electrons. The van der Waals surface area contributed by atoms with E-state index in [-0.39, 0.29) is 12.7 Å². The number of β-amino-alcohol motifs (C(OH)–C–C–N with tert-alkyl or cyclic N) is 1. The van der Waals surface area contributed by atoms with Crippen LogP contribution in [0.25, 0.3) is 0 Å². The average molecular weight is 391 g/mol. The van der Waals surface area contributed by atoms with E-state index in [1.807, 2.05) is 30.1 Å². The fourth-order valence-corrected chi connectivity index (χ4v) is 3.32. The molecule has 0 amide bonds. The lowest BCUT2D eigenvalue weighted by Gasteiger charge is -2.34. The van der Waals surface area contributed by atoms with Gasteiger partial charge in [-0.05, 0) is 24.6 Å². The smallest absolute Gasteiger partial charge is 0.203 e. The van der Waals surface area contributed by atoms with Crippen molar-refractivity contribution in [3.63, 3.8) is 0 Å². The van der Waals surface area contributed by atoms with Crippen LogP contribution in [0, 0.1) is 6.92 Å². The maximum absolute atomic E-state index is 10.5. The highest BCUT2D eigenvalue weighted by molar-refractivity contribution is 5.51. The van der Waals surface area contributed by atoms with Gasteiger partial charge in [0.1, 0.15) is 12.7 Å². The highest BCUT2D eigenvalue weighted by Gasteiger charge is 2.23. The van der Waals surface area contributed by atoms with E-state index < -0.39 is 6.10 Å². The van der Waals surface area contributed by atoms with Crippen molar-refractivity contribution in [1.29, 1.82) is 0 Å². The van der Waals surface area contributed by atoms with Gasteiger partial charge < -0.3 is 24.1 Å². The van der Waals surface area contributed by atoms with Crippen molar-refractivity contribution in [1.82, 2.24) is 14.7 Å². The van der Waals surface area contributed by atoms with E-state index >= 15 is 0 Å². The van der Waals surface area contributed by atoms with Crippen LogP contribution in [0.4, 0.5) is 0 Å². The maximum Gasteiger partial charge on any atom is 0.203 e. The van der Waals surface area contributed by atoms with E-state index in [2.05, 4.69) is 10.00 Å². The number of methoxy groups -OCH3 is 2. The van der Waals surface area contributed by atoms with Crippen molar-refractivity contribution >= 4 is 0 Å². The summed E-state index contributed by atoms with van der Waals surface area (Å²) in [4.78, 5) is 2.19. The lowest BCUT2D eigenvalue weighted by molar-refractivity contribution is -0.0518. The third-order valence-electron chi connectivity index (χ3n) is 4.65. The van der Waals surface area contributed by atoms with E-state index in [9.17, 15) is 5.11 Å². The Hall–Kier alpha value is -2.29. The molecule has 0 aliphatic carbocycles. The SMILES string of the molecule is COc1cccc(OC)c1OCC(O)CN1CCOC(Cn2cc(C)cn2)C1. The van der Waals surface area contributed by atoms with Crippen LogP contribution in [-0.2, 0) is 11.3 Å². The number of morpholine rings is 1. The molecule has 0 bridgehead atoms. The lowest BCUT2D eigenvalue weighted by atomic mass is 10.2. The van der Waals surface area contributed by atoms with Gasteiger partial charge in [0.15, 0.2) is 11.5 Å². The summed E-state index contributed by atoms with van der Waals surface area (Å²) < 4.78 is 24.2. The number of ether oxygens (including phenoxy) is 4. The van der Waals surface area contributed by atoms with E-state index in [1.165, 1.54) is 0 Å². The van der Waals surface area contributed by atoms with Gasteiger partial charge in [-0.2, -0.15) is 5.10 Å². The Bertz CT molecular complexity index is 729. The first kappa shape index (κ1) is 20.4. The van der Waals surface area contributed by atoms with Gasteiger partial charge in [-0.25, -0.2) is 0 Å². The summed E-state index contributed by atoms with van der Waals surface area (Å²) in [5.74, 6) is 1.65. The maximum atomic E-state index is 10.5. The molecule has 154 valence electrons. The fourth-order valence-electron chi connectivity index (χ4n) is 3.32. The summed E-state index contributed by atoms with van der Waals surface area (Å²) in [6.07, 6.45) is 3.26. The van der Waals surface area contributed by atoms with Crippen LogP contribution in [0.15, 0.2) is 30.6 Å². The summed E-state index contributed by atoms with van der Waals surface area (Å²) in [7, 11) is 3.15. The third-order valence-corrected chi connectivity index (χ3v) is 4.65. The largest absolute Gasteiger partial charge is 0.493 e. The molecule has 1 fully saturated rings. The predicted octanol–water partition coefficient (Wildman–Crippen LogP) is 1.35. The van der Waals surface area contributed by atoms with Crippen molar-refractivity contribution in [2.45, 2.75) is 25.7 Å². The molecule has 1 aliphatic rings. The second kappa shape index (κ2) is 9.77. The highest BCUT2D eigenvalue weighted by Crippen LogP contribution is 2.36. The highest BCUT2D eigenvalue weighted by atomic mass is 16.5. The molecule has 8 heteroatoms. The van der Waals surface area contributed by atoms with Gasteiger partial charge in [0.2, 0.25) is 5.75 Å². The molecule has 1 aromatic heterocycles. The topological polar surface area (TPSA) is 78.2 Å². The number of aliphatic hydroxyl groups is 1. The number of hydrogen-bond acceptors (Lipinski definition) is 7. The van der Waals surface area contributed by atoms with Crippen molar-refractivity contribution in [3.05, 3.63) is 36.2 Å². The lowest BCUT2D eigenvalue weighted by Crippen LogP contribution is -2.47. The van der Waals surface area contributed by atoms with Crippen LogP contribution >= 0.6 is 0 Å². The standard InChI is InChI=1S/C20H29N3O5/c1-15-9-21-23(10-15)13-17-12-22(7-8-27-17)11-16(24)14-28-20-18(25-2)5-4-6-19(20)26-3/h4-6,9-10,16-17,24H,7-8,11-14H2,1-3H3. The number of rotatable bonds is 9. The zero-order valence-corrected chi connectivity index (χ0v) is 16.7. The molecule has 3 rings (SSSR count). The molecule has 0 saturated carbocycles. The predicted molar refractivity (Wildman–Crippen MR) is 104 cm³/mol. The number of para-hydroxylation sites is 1. The zero-order valence-electron chi connectivity index (χ0n) is 16.7. The first-order chi connectivity index (χ1) is 13.6. The molecule has 0 spiro atoms. The van der Waals surface area contributed by atoms with Crippen LogP contribution in [-0.4, -0.2) is 79.1 Å². The van der Waals surface area contributed by atoms with Gasteiger partial charge in [0.05, 0.1) is 39.7 Å². The van der Waals surface area contributed by atoms with Crippen molar-refractivity contribution in [2.75, 3.05) is 47.1 Å². The van der Waals surface area contributed by atoms with Gasteiger partial charge in [-0.15, -0.1) is 0 Å². The molecule has 1 N–H and O–H groups in total. The van der Waals surface area contributed by atoms with E-state index in [0.717, 1.165) is 18.7 Å². The molecule has 1 saturated heterocycles. The molecular formula is C20H29N3O5. The summed E-state index contributed by atoms with van der Waals surface area (Å²) in [6, 6.07) is 5.43. The summed E-state index contributed by atoms with van der Waals surface area (Å²) in [6.45, 7) is 5.54. The molecule has 2 aromatic rings. The van der Waals surface area contributed by atoms with Gasteiger partial charge in [0.25, 0.3) is 0 Å². The first-order valence-corrected chi connectivity index (χ1v) is 9.44. The molecular weight excluding hydrogens is 362 g/mol. The summed E-state index contributed by atoms with van der Waals surface area (Å²) >= 11 is 0. The Labute approximate surface area is 165 Å². The Balaban J connectivity index is 1.50. The second-order valence-electron chi connectivity index (χ2n) is 6.95. The number of aryl methyl sites for hydroxylation is 1. The first-order valence-electron chi connectivity index (χ1n) is 9.44. The summed E-state index contributed by atoms with van der Waals surface area (Å²) in [5, 5.41) is 14.8. The number of aromatic nitrogens is 2. The van der Waals surface area contributed by atoms with Gasteiger partial charge >= 0.3 is 0 Å². The van der Waals surface area contributed by atoms with Crippen LogP contribution in [0.2, 0.25) is 0 Å². The Morgan fingerprint density at radius 2 is 2.04 bits per heavy atom. The van der Waals surface area contributed by atoms with Crippen LogP contribution in [0.5, 0.6) is 17.2 Å². The molecule has 2 atom stereocenters. The van der Waals surface area contributed by atoms with Crippen LogP contribution < -0.4 is 14.2 Å². The Morgan fingerprint density at radius 3 is 2.68 bits per heavy atom. The molecule has 2 unspecified atom stereocenters. The monoisotopic (exact) mass is 391 g/mol. The van der Waals surface area contributed by atoms with Crippen molar-refractivity contribution in [3.8, 4) is 17.2 Å². The molecule has 1 aliphatic heterocycles. The Kier molecular flexibility index (Phi) is 7.13. The number of hydrogen-bond donors (Lipinski definition) is 1. The Morgan fingerprint density at radius 1 is 1.29 bits per heavy atom. The van der Waals surface area contributed by atoms with E-state index in [4.69, 9.17) is 18.9 Å². The van der Waals surface area contributed by atoms with Gasteiger partial charge in [-0.1, -0.05) is 6.07 Å². The number of nitrogens with zero attached hydrogens (tertiary/aromatic N) is 3. The molecule has 28 heavy (non-hydrogen) atoms. The minimum absolute atomic E-state index is 0.0514. The fraction of sp³-hybridized carbons (Fsp3) is 0.550. The third kappa shape index (κ3) is 5.37. The van der Waals surface area contributed by atoms with E-state index in [1.54, 1.807) is 26.4 Å². The van der Waals surface area contributed by atoms with Gasteiger partial charge in [-0.3, -0.25) is 9.58 Å².